The zero-order chi connectivity index (χ0) is 24.8. The molecule has 4 aliphatic rings. The second kappa shape index (κ2) is 9.08. The number of allylic oxidation sites excluding steroid dienone is 3. The maximum absolute atomic E-state index is 12.9. The van der Waals surface area contributed by atoms with Crippen molar-refractivity contribution in [3.63, 3.8) is 0 Å². The van der Waals surface area contributed by atoms with Crippen LogP contribution < -0.4 is 0 Å². The number of rotatable bonds is 5. The molecule has 5 rings (SSSR count). The van der Waals surface area contributed by atoms with Crippen LogP contribution in [0.2, 0.25) is 0 Å². The third-order valence-corrected chi connectivity index (χ3v) is 10.1. The molecule has 0 saturated heterocycles. The van der Waals surface area contributed by atoms with Gasteiger partial charge in [0.2, 0.25) is 0 Å². The van der Waals surface area contributed by atoms with Crippen molar-refractivity contribution in [2.24, 2.45) is 22.7 Å². The van der Waals surface area contributed by atoms with Crippen LogP contribution >= 0.6 is 0 Å². The highest BCUT2D eigenvalue weighted by Gasteiger charge is 2.62. The maximum atomic E-state index is 12.9. The van der Waals surface area contributed by atoms with E-state index in [1.54, 1.807) is 4.90 Å². The van der Waals surface area contributed by atoms with Gasteiger partial charge < -0.3 is 19.8 Å². The third-order valence-electron chi connectivity index (χ3n) is 10.1. The molecule has 0 bridgehead atoms. The number of amides is 1. The SMILES string of the molecule is CCOC(=O)N(Cc1ccccc1)CC1(O)CCC2C3=CC=C4CC(O)CCC4(C)C3CCC21C. The van der Waals surface area contributed by atoms with E-state index >= 15 is 0 Å². The van der Waals surface area contributed by atoms with Gasteiger partial charge in [0.1, 0.15) is 0 Å². The van der Waals surface area contributed by atoms with Gasteiger partial charge in [-0.15, -0.1) is 0 Å². The molecule has 3 saturated carbocycles. The van der Waals surface area contributed by atoms with Crippen LogP contribution in [0.4, 0.5) is 4.79 Å². The van der Waals surface area contributed by atoms with Gasteiger partial charge in [-0.25, -0.2) is 4.79 Å². The van der Waals surface area contributed by atoms with Crippen molar-refractivity contribution >= 4 is 6.09 Å². The Hall–Kier alpha value is -2.11. The lowest BCUT2D eigenvalue weighted by molar-refractivity contribution is -0.100. The number of fused-ring (bicyclic) bond motifs is 5. The van der Waals surface area contributed by atoms with Crippen molar-refractivity contribution in [2.75, 3.05) is 13.2 Å². The Labute approximate surface area is 209 Å². The predicted molar refractivity (Wildman–Crippen MR) is 137 cm³/mol. The topological polar surface area (TPSA) is 70.0 Å². The zero-order valence-corrected chi connectivity index (χ0v) is 21.5. The first-order valence-electron chi connectivity index (χ1n) is 13.5. The van der Waals surface area contributed by atoms with Crippen LogP contribution in [0, 0.1) is 22.7 Å². The molecule has 5 heteroatoms. The minimum atomic E-state index is -0.960. The molecule has 35 heavy (non-hydrogen) atoms. The van der Waals surface area contributed by atoms with Gasteiger partial charge in [-0.1, -0.05) is 67.5 Å². The number of hydrogen-bond donors (Lipinski definition) is 2. The number of ether oxygens (including phenoxy) is 1. The molecule has 0 heterocycles. The summed E-state index contributed by atoms with van der Waals surface area (Å²) in [6.07, 6.45) is 10.3. The average molecular weight is 480 g/mol. The number of carbonyl (C=O) groups excluding carboxylic acids is 1. The minimum Gasteiger partial charge on any atom is -0.450 e. The smallest absolute Gasteiger partial charge is 0.410 e. The first-order valence-corrected chi connectivity index (χ1v) is 13.5. The molecule has 0 radical (unpaired) electrons. The van der Waals surface area contributed by atoms with Gasteiger partial charge in [-0.3, -0.25) is 0 Å². The molecule has 5 nitrogen and oxygen atoms in total. The number of aliphatic hydroxyl groups excluding tert-OH is 1. The van der Waals surface area contributed by atoms with Crippen molar-refractivity contribution in [1.29, 1.82) is 0 Å². The highest BCUT2D eigenvalue weighted by Crippen LogP contribution is 2.66. The van der Waals surface area contributed by atoms with E-state index in [1.165, 1.54) is 11.1 Å². The van der Waals surface area contributed by atoms with E-state index in [-0.39, 0.29) is 29.6 Å². The monoisotopic (exact) mass is 479 g/mol. The van der Waals surface area contributed by atoms with Gasteiger partial charge in [0.25, 0.3) is 0 Å². The molecular formula is C30H41NO4. The largest absolute Gasteiger partial charge is 0.450 e. The van der Waals surface area contributed by atoms with Gasteiger partial charge in [-0.05, 0) is 74.7 Å². The van der Waals surface area contributed by atoms with E-state index < -0.39 is 5.60 Å². The normalized spacial score (nSPS) is 37.9. The summed E-state index contributed by atoms with van der Waals surface area (Å²) < 4.78 is 5.40. The van der Waals surface area contributed by atoms with Crippen LogP contribution in [-0.2, 0) is 11.3 Å². The summed E-state index contributed by atoms with van der Waals surface area (Å²) in [7, 11) is 0. The van der Waals surface area contributed by atoms with Crippen LogP contribution in [0.15, 0.2) is 53.6 Å². The Morgan fingerprint density at radius 1 is 1.06 bits per heavy atom. The average Bonchev–Trinajstić information content (AvgIpc) is 3.10. The molecule has 2 N–H and O–H groups in total. The molecule has 6 atom stereocenters. The van der Waals surface area contributed by atoms with Crippen molar-refractivity contribution in [3.05, 3.63) is 59.2 Å². The maximum Gasteiger partial charge on any atom is 0.410 e. The Morgan fingerprint density at radius 2 is 1.80 bits per heavy atom. The summed E-state index contributed by atoms with van der Waals surface area (Å²) in [5, 5.41) is 22.5. The van der Waals surface area contributed by atoms with Gasteiger partial charge in [-0.2, -0.15) is 0 Å². The molecular weight excluding hydrogens is 438 g/mol. The molecule has 4 aliphatic carbocycles. The van der Waals surface area contributed by atoms with E-state index in [0.29, 0.717) is 31.4 Å². The van der Waals surface area contributed by atoms with Crippen molar-refractivity contribution in [3.8, 4) is 0 Å². The quantitative estimate of drug-likeness (QED) is 0.575. The van der Waals surface area contributed by atoms with E-state index in [4.69, 9.17) is 4.74 Å². The second-order valence-corrected chi connectivity index (χ2v) is 11.8. The highest BCUT2D eigenvalue weighted by atomic mass is 16.6. The summed E-state index contributed by atoms with van der Waals surface area (Å²) in [6, 6.07) is 9.95. The predicted octanol–water partition coefficient (Wildman–Crippen LogP) is 5.62. The van der Waals surface area contributed by atoms with Gasteiger partial charge in [0, 0.05) is 12.0 Å². The fourth-order valence-electron chi connectivity index (χ4n) is 7.87. The van der Waals surface area contributed by atoms with Crippen LogP contribution in [-0.4, -0.2) is 46.1 Å². The highest BCUT2D eigenvalue weighted by molar-refractivity contribution is 5.67. The Balaban J connectivity index is 1.42. The molecule has 0 aliphatic heterocycles. The van der Waals surface area contributed by atoms with Crippen LogP contribution in [0.3, 0.4) is 0 Å². The Morgan fingerprint density at radius 3 is 2.54 bits per heavy atom. The molecule has 6 unspecified atom stereocenters. The lowest BCUT2D eigenvalue weighted by Crippen LogP contribution is -2.56. The fourth-order valence-corrected chi connectivity index (χ4v) is 7.87. The fraction of sp³-hybridized carbons (Fsp3) is 0.633. The van der Waals surface area contributed by atoms with E-state index in [0.717, 1.165) is 44.1 Å². The Bertz CT molecular complexity index is 1020. The number of carbonyl (C=O) groups is 1. The summed E-state index contributed by atoms with van der Waals surface area (Å²) in [4.78, 5) is 14.7. The van der Waals surface area contributed by atoms with Crippen molar-refractivity contribution in [1.82, 2.24) is 4.90 Å². The van der Waals surface area contributed by atoms with Crippen molar-refractivity contribution in [2.45, 2.75) is 84.0 Å². The number of nitrogens with zero attached hydrogens (tertiary/aromatic N) is 1. The second-order valence-electron chi connectivity index (χ2n) is 11.8. The molecule has 1 aromatic rings. The summed E-state index contributed by atoms with van der Waals surface area (Å²) >= 11 is 0. The first-order chi connectivity index (χ1) is 16.7. The van der Waals surface area contributed by atoms with Crippen molar-refractivity contribution < 1.29 is 19.7 Å². The molecule has 1 aromatic carbocycles. The standard InChI is InChI=1S/C30H41NO4/c1-4-35-27(33)31(19-21-8-6-5-7-9-21)20-30(34)17-14-26-24-11-10-22-18-23(32)12-15-28(22,2)25(24)13-16-29(26,30)3/h5-11,23,25-26,32,34H,4,12-20H2,1-3H3. The molecule has 0 spiro atoms. The van der Waals surface area contributed by atoms with E-state index in [1.807, 2.05) is 37.3 Å². The van der Waals surface area contributed by atoms with E-state index in [9.17, 15) is 15.0 Å². The number of benzene rings is 1. The summed E-state index contributed by atoms with van der Waals surface area (Å²) in [6.45, 7) is 7.51. The Kier molecular flexibility index (Phi) is 6.38. The summed E-state index contributed by atoms with van der Waals surface area (Å²) in [5.41, 5.74) is 2.80. The lowest BCUT2D eigenvalue weighted by Gasteiger charge is -2.56. The number of hydrogen-bond acceptors (Lipinski definition) is 4. The van der Waals surface area contributed by atoms with Crippen LogP contribution in [0.5, 0.6) is 0 Å². The third kappa shape index (κ3) is 4.05. The van der Waals surface area contributed by atoms with Crippen LogP contribution in [0.1, 0.15) is 71.3 Å². The molecule has 1 amide bonds. The molecule has 0 aromatic heterocycles. The minimum absolute atomic E-state index is 0.121. The van der Waals surface area contributed by atoms with Gasteiger partial charge >= 0.3 is 6.09 Å². The molecule has 190 valence electrons. The summed E-state index contributed by atoms with van der Waals surface area (Å²) in [5.74, 6) is 0.800. The van der Waals surface area contributed by atoms with E-state index in [2.05, 4.69) is 26.0 Å². The lowest BCUT2D eigenvalue weighted by atomic mass is 9.50. The van der Waals surface area contributed by atoms with Crippen LogP contribution in [0.25, 0.3) is 0 Å². The van der Waals surface area contributed by atoms with Gasteiger partial charge in [0.05, 0.1) is 24.9 Å². The first kappa shape index (κ1) is 24.6. The van der Waals surface area contributed by atoms with Gasteiger partial charge in [0.15, 0.2) is 0 Å². The number of aliphatic hydroxyl groups is 2. The zero-order valence-electron chi connectivity index (χ0n) is 21.5. The molecule has 3 fully saturated rings.